The molecule has 0 amide bonds. The van der Waals surface area contributed by atoms with Gasteiger partial charge in [0.2, 0.25) is 0 Å². The van der Waals surface area contributed by atoms with Crippen LogP contribution in [-0.2, 0) is 5.41 Å². The van der Waals surface area contributed by atoms with E-state index in [4.69, 9.17) is 9.97 Å². The molecule has 0 bridgehead atoms. The summed E-state index contributed by atoms with van der Waals surface area (Å²) in [4.78, 5) is 10.6. The first-order chi connectivity index (χ1) is 20.1. The molecule has 3 aliphatic carbocycles. The molecule has 6 aromatic rings. The average molecular weight is 528 g/mol. The van der Waals surface area contributed by atoms with Gasteiger partial charge < -0.3 is 4.57 Å². The van der Waals surface area contributed by atoms with Crippen LogP contribution in [0, 0.1) is 11.8 Å². The van der Waals surface area contributed by atoms with Crippen LogP contribution in [0.4, 0.5) is 0 Å². The summed E-state index contributed by atoms with van der Waals surface area (Å²) in [6.45, 7) is 4.63. The molecule has 2 unspecified atom stereocenters. The van der Waals surface area contributed by atoms with Crippen molar-refractivity contribution in [1.82, 2.24) is 14.5 Å². The zero-order chi connectivity index (χ0) is 27.3. The molecule has 2 heterocycles. The zero-order valence-electron chi connectivity index (χ0n) is 23.2. The molecule has 3 aliphatic rings. The summed E-state index contributed by atoms with van der Waals surface area (Å²) in [6, 6.07) is 35.0. The number of rotatable bonds is 3. The number of para-hydroxylation sites is 2. The van der Waals surface area contributed by atoms with Crippen molar-refractivity contribution in [3.05, 3.63) is 132 Å². The van der Waals surface area contributed by atoms with Gasteiger partial charge in [0.25, 0.3) is 0 Å². The number of benzene rings is 4. The van der Waals surface area contributed by atoms with Crippen molar-refractivity contribution in [2.75, 3.05) is 0 Å². The first kappa shape index (κ1) is 23.0. The lowest BCUT2D eigenvalue weighted by molar-refractivity contribution is 0.657. The smallest absolute Gasteiger partial charge is 0.160 e. The van der Waals surface area contributed by atoms with Gasteiger partial charge in [-0.15, -0.1) is 0 Å². The molecule has 3 heteroatoms. The Labute approximate surface area is 239 Å². The van der Waals surface area contributed by atoms with Crippen molar-refractivity contribution in [3.63, 3.8) is 0 Å². The Kier molecular flexibility index (Phi) is 4.57. The molecule has 0 radical (unpaired) electrons. The first-order valence-electron chi connectivity index (χ1n) is 14.6. The van der Waals surface area contributed by atoms with Crippen LogP contribution < -0.4 is 0 Å². The van der Waals surface area contributed by atoms with E-state index in [1.165, 1.54) is 44.9 Å². The van der Waals surface area contributed by atoms with E-state index < -0.39 is 0 Å². The molecule has 2 atom stereocenters. The van der Waals surface area contributed by atoms with Gasteiger partial charge in [-0.2, -0.15) is 0 Å². The standard InChI is InChI=1S/C38H29N3/c1-38(2)31-15-6-3-14-30(31)36-34(38)35(39-37(40-36)25-19-18-23-20-26(23)21-25)24-10-9-11-27(22-24)41-32-16-7-4-12-28(32)29-13-5-8-17-33(29)41/h3-19,21-23,26H,20H2,1-2H3. The van der Waals surface area contributed by atoms with E-state index >= 15 is 0 Å². The third kappa shape index (κ3) is 3.26. The second-order valence-electron chi connectivity index (χ2n) is 12.3. The second-order valence-corrected chi connectivity index (χ2v) is 12.3. The minimum atomic E-state index is -0.207. The largest absolute Gasteiger partial charge is 0.309 e. The molecule has 0 saturated heterocycles. The van der Waals surface area contributed by atoms with Crippen LogP contribution in [0.25, 0.3) is 55.6 Å². The van der Waals surface area contributed by atoms with Gasteiger partial charge in [0.05, 0.1) is 22.4 Å². The summed E-state index contributed by atoms with van der Waals surface area (Å²) in [6.07, 6.45) is 8.21. The molecule has 0 spiro atoms. The van der Waals surface area contributed by atoms with Gasteiger partial charge >= 0.3 is 0 Å². The van der Waals surface area contributed by atoms with E-state index in [0.717, 1.165) is 34.0 Å². The summed E-state index contributed by atoms with van der Waals surface area (Å²) in [5.41, 5.74) is 11.5. The third-order valence-corrected chi connectivity index (χ3v) is 9.41. The Morgan fingerprint density at radius 3 is 2.22 bits per heavy atom. The Hall–Kier alpha value is -4.76. The molecule has 3 nitrogen and oxygen atoms in total. The molecule has 41 heavy (non-hydrogen) atoms. The highest BCUT2D eigenvalue weighted by molar-refractivity contribution is 6.09. The van der Waals surface area contributed by atoms with Crippen LogP contribution in [0.2, 0.25) is 0 Å². The lowest BCUT2D eigenvalue weighted by Gasteiger charge is -2.24. The highest BCUT2D eigenvalue weighted by Crippen LogP contribution is 2.52. The zero-order valence-corrected chi connectivity index (χ0v) is 23.2. The minimum absolute atomic E-state index is 0.207. The van der Waals surface area contributed by atoms with E-state index in [1.54, 1.807) is 0 Å². The number of hydrogen-bond acceptors (Lipinski definition) is 2. The average Bonchev–Trinajstić information content (AvgIpc) is 3.67. The van der Waals surface area contributed by atoms with Gasteiger partial charge in [-0.3, -0.25) is 0 Å². The SMILES string of the molecule is CC1(C)c2ccccc2-c2nc(C3=CC4CC4C=C3)nc(-c3cccc(-n4c5ccccc5c5ccccc54)c3)c21. The molecule has 1 fully saturated rings. The van der Waals surface area contributed by atoms with E-state index in [2.05, 4.69) is 134 Å². The van der Waals surface area contributed by atoms with Crippen LogP contribution in [0.3, 0.4) is 0 Å². The summed E-state index contributed by atoms with van der Waals surface area (Å²) in [5, 5.41) is 2.54. The summed E-state index contributed by atoms with van der Waals surface area (Å²) in [7, 11) is 0. The van der Waals surface area contributed by atoms with Gasteiger partial charge in [0, 0.05) is 44.1 Å². The third-order valence-electron chi connectivity index (χ3n) is 9.41. The summed E-state index contributed by atoms with van der Waals surface area (Å²) < 4.78 is 2.38. The molecular weight excluding hydrogens is 498 g/mol. The van der Waals surface area contributed by atoms with Gasteiger partial charge in [-0.1, -0.05) is 105 Å². The second kappa shape index (κ2) is 8.14. The van der Waals surface area contributed by atoms with Crippen molar-refractivity contribution >= 4 is 27.4 Å². The summed E-state index contributed by atoms with van der Waals surface area (Å²) >= 11 is 0. The fourth-order valence-corrected chi connectivity index (χ4v) is 7.26. The Balaban J connectivity index is 1.30. The lowest BCUT2D eigenvalue weighted by Crippen LogP contribution is -2.18. The van der Waals surface area contributed by atoms with Gasteiger partial charge in [0.15, 0.2) is 5.82 Å². The van der Waals surface area contributed by atoms with Gasteiger partial charge in [-0.25, -0.2) is 9.97 Å². The topological polar surface area (TPSA) is 30.7 Å². The van der Waals surface area contributed by atoms with E-state index in [-0.39, 0.29) is 5.41 Å². The maximum atomic E-state index is 5.38. The molecule has 1 saturated carbocycles. The number of nitrogens with zero attached hydrogens (tertiary/aromatic N) is 3. The Morgan fingerprint density at radius 2 is 1.44 bits per heavy atom. The van der Waals surface area contributed by atoms with E-state index in [0.29, 0.717) is 11.8 Å². The quantitative estimate of drug-likeness (QED) is 0.230. The lowest BCUT2D eigenvalue weighted by atomic mass is 9.80. The molecule has 0 N–H and O–H groups in total. The van der Waals surface area contributed by atoms with Crippen LogP contribution in [-0.4, -0.2) is 14.5 Å². The van der Waals surface area contributed by atoms with Crippen molar-refractivity contribution in [1.29, 1.82) is 0 Å². The number of fused-ring (bicyclic) bond motifs is 7. The van der Waals surface area contributed by atoms with Crippen molar-refractivity contribution < 1.29 is 0 Å². The Bertz CT molecular complexity index is 2070. The van der Waals surface area contributed by atoms with Gasteiger partial charge in [0.1, 0.15) is 0 Å². The van der Waals surface area contributed by atoms with Gasteiger partial charge in [-0.05, 0) is 48.1 Å². The fraction of sp³-hybridized carbons (Fsp3) is 0.158. The fourth-order valence-electron chi connectivity index (χ4n) is 7.26. The van der Waals surface area contributed by atoms with Crippen LogP contribution in [0.15, 0.2) is 115 Å². The predicted molar refractivity (Wildman–Crippen MR) is 168 cm³/mol. The molecule has 196 valence electrons. The Morgan fingerprint density at radius 1 is 0.732 bits per heavy atom. The van der Waals surface area contributed by atoms with Crippen LogP contribution >= 0.6 is 0 Å². The number of allylic oxidation sites excluding steroid dienone is 4. The monoisotopic (exact) mass is 527 g/mol. The summed E-state index contributed by atoms with van der Waals surface area (Å²) in [5.74, 6) is 2.17. The minimum Gasteiger partial charge on any atom is -0.309 e. The normalized spacial score (nSPS) is 19.6. The first-order valence-corrected chi connectivity index (χ1v) is 14.6. The molecular formula is C38H29N3. The predicted octanol–water partition coefficient (Wildman–Crippen LogP) is 9.14. The molecule has 9 rings (SSSR count). The van der Waals surface area contributed by atoms with E-state index in [9.17, 15) is 0 Å². The van der Waals surface area contributed by atoms with Crippen molar-refractivity contribution in [3.8, 4) is 28.2 Å². The van der Waals surface area contributed by atoms with Crippen LogP contribution in [0.1, 0.15) is 37.2 Å². The van der Waals surface area contributed by atoms with Crippen molar-refractivity contribution in [2.45, 2.75) is 25.7 Å². The molecule has 2 aromatic heterocycles. The highest BCUT2D eigenvalue weighted by Gasteiger charge is 2.41. The van der Waals surface area contributed by atoms with E-state index in [1.807, 2.05) is 0 Å². The van der Waals surface area contributed by atoms with Crippen molar-refractivity contribution in [2.24, 2.45) is 11.8 Å². The molecule has 0 aliphatic heterocycles. The highest BCUT2D eigenvalue weighted by atomic mass is 15.0. The maximum Gasteiger partial charge on any atom is 0.160 e. The maximum absolute atomic E-state index is 5.38. The number of hydrogen-bond donors (Lipinski definition) is 0. The van der Waals surface area contributed by atoms with Crippen LogP contribution in [0.5, 0.6) is 0 Å². The molecule has 4 aromatic carbocycles. The number of aromatic nitrogens is 3.